The van der Waals surface area contributed by atoms with E-state index in [-0.39, 0.29) is 24.0 Å². The number of imide groups is 1. The number of carbonyl (C=O) groups excluding carboxylic acids is 2. The smallest absolute Gasteiger partial charge is 0.251 e. The highest BCUT2D eigenvalue weighted by Crippen LogP contribution is 2.30. The molecule has 6 nitrogen and oxygen atoms in total. The van der Waals surface area contributed by atoms with Crippen molar-refractivity contribution in [1.29, 1.82) is 0 Å². The number of aromatic hydroxyl groups is 1. The zero-order valence-corrected chi connectivity index (χ0v) is 15.3. The van der Waals surface area contributed by atoms with Crippen LogP contribution in [0.4, 0.5) is 11.4 Å². The number of phenols is 1. The molecule has 0 unspecified atom stereocenters. The van der Waals surface area contributed by atoms with Gasteiger partial charge in [-0.05, 0) is 36.8 Å². The van der Waals surface area contributed by atoms with E-state index in [4.69, 9.17) is 0 Å². The van der Waals surface area contributed by atoms with Gasteiger partial charge in [0.1, 0.15) is 5.75 Å². The topological polar surface area (TPSA) is 64.1 Å². The molecule has 4 rings (SSSR count). The summed E-state index contributed by atoms with van der Waals surface area (Å²) in [5.74, 6) is -0.0102. The molecule has 0 aliphatic carbocycles. The van der Waals surface area contributed by atoms with E-state index in [1.165, 1.54) is 4.90 Å². The van der Waals surface area contributed by atoms with Crippen LogP contribution in [-0.4, -0.2) is 54.0 Å². The van der Waals surface area contributed by atoms with E-state index in [2.05, 4.69) is 9.80 Å². The van der Waals surface area contributed by atoms with E-state index in [1.54, 1.807) is 18.2 Å². The zero-order chi connectivity index (χ0) is 19.0. The molecule has 140 valence electrons. The average molecular weight is 365 g/mol. The molecule has 2 fully saturated rings. The molecule has 0 spiro atoms. The first-order valence-corrected chi connectivity index (χ1v) is 9.25. The number of hydrogen-bond donors (Lipinski definition) is 1. The quantitative estimate of drug-likeness (QED) is 0.845. The van der Waals surface area contributed by atoms with E-state index >= 15 is 0 Å². The van der Waals surface area contributed by atoms with Crippen molar-refractivity contribution in [3.63, 3.8) is 0 Å². The van der Waals surface area contributed by atoms with Gasteiger partial charge in [-0.2, -0.15) is 0 Å². The molecule has 1 atom stereocenters. The summed E-state index contributed by atoms with van der Waals surface area (Å²) >= 11 is 0. The molecule has 1 N–H and O–H groups in total. The average Bonchev–Trinajstić information content (AvgIpc) is 2.96. The van der Waals surface area contributed by atoms with Crippen LogP contribution in [0.3, 0.4) is 0 Å². The normalized spacial score (nSPS) is 21.1. The van der Waals surface area contributed by atoms with Gasteiger partial charge in [-0.3, -0.25) is 14.5 Å². The highest BCUT2D eigenvalue weighted by Gasteiger charge is 2.43. The number of anilines is 2. The molecule has 2 aromatic carbocycles. The first-order valence-electron chi connectivity index (χ1n) is 9.25. The minimum atomic E-state index is -0.399. The van der Waals surface area contributed by atoms with Gasteiger partial charge in [0, 0.05) is 26.2 Å². The van der Waals surface area contributed by atoms with Gasteiger partial charge in [0.2, 0.25) is 5.91 Å². The summed E-state index contributed by atoms with van der Waals surface area (Å²) < 4.78 is 0. The molecular formula is C21H23N3O3. The van der Waals surface area contributed by atoms with Crippen molar-refractivity contribution in [2.24, 2.45) is 0 Å². The van der Waals surface area contributed by atoms with Crippen LogP contribution >= 0.6 is 0 Å². The maximum absolute atomic E-state index is 12.9. The van der Waals surface area contributed by atoms with Crippen molar-refractivity contribution < 1.29 is 14.7 Å². The SMILES string of the molecule is Cc1cccc(N2C(=O)C[C@@H](N3CCN(c4ccccc4O)CC3)C2=O)c1. The standard InChI is InChI=1S/C21H23N3O3/c1-15-5-4-6-16(13-15)24-20(26)14-18(21(24)27)23-11-9-22(10-12-23)17-7-2-3-8-19(17)25/h2-8,13,18,25H,9-12,14H2,1H3/t18-/m1/s1. The molecule has 27 heavy (non-hydrogen) atoms. The van der Waals surface area contributed by atoms with Crippen LogP contribution in [0.15, 0.2) is 48.5 Å². The van der Waals surface area contributed by atoms with Crippen LogP contribution in [0, 0.1) is 6.92 Å². The van der Waals surface area contributed by atoms with Gasteiger partial charge in [-0.25, -0.2) is 4.90 Å². The third-order valence-electron chi connectivity index (χ3n) is 5.36. The molecule has 2 amide bonds. The van der Waals surface area contributed by atoms with Crippen molar-refractivity contribution in [3.05, 3.63) is 54.1 Å². The molecule has 2 aliphatic heterocycles. The summed E-state index contributed by atoms with van der Waals surface area (Å²) in [7, 11) is 0. The van der Waals surface area contributed by atoms with Crippen LogP contribution in [0.2, 0.25) is 0 Å². The Morgan fingerprint density at radius 3 is 2.41 bits per heavy atom. The maximum Gasteiger partial charge on any atom is 0.251 e. The van der Waals surface area contributed by atoms with E-state index in [0.717, 1.165) is 11.3 Å². The highest BCUT2D eigenvalue weighted by atomic mass is 16.3. The summed E-state index contributed by atoms with van der Waals surface area (Å²) in [5, 5.41) is 10.0. The molecular weight excluding hydrogens is 342 g/mol. The Morgan fingerprint density at radius 1 is 0.963 bits per heavy atom. The second-order valence-corrected chi connectivity index (χ2v) is 7.14. The number of carbonyl (C=O) groups is 2. The lowest BCUT2D eigenvalue weighted by molar-refractivity contribution is -0.123. The van der Waals surface area contributed by atoms with Gasteiger partial charge in [-0.15, -0.1) is 0 Å². The fourth-order valence-electron chi connectivity index (χ4n) is 3.95. The fourth-order valence-corrected chi connectivity index (χ4v) is 3.95. The van der Waals surface area contributed by atoms with Crippen LogP contribution < -0.4 is 9.80 Å². The summed E-state index contributed by atoms with van der Waals surface area (Å²) in [4.78, 5) is 31.0. The van der Waals surface area contributed by atoms with E-state index in [0.29, 0.717) is 31.9 Å². The molecule has 0 radical (unpaired) electrons. The number of piperazine rings is 1. The third-order valence-corrected chi connectivity index (χ3v) is 5.36. The van der Waals surface area contributed by atoms with E-state index in [9.17, 15) is 14.7 Å². The highest BCUT2D eigenvalue weighted by molar-refractivity contribution is 6.22. The van der Waals surface area contributed by atoms with Crippen LogP contribution in [0.25, 0.3) is 0 Å². The minimum absolute atomic E-state index is 0.137. The number of aryl methyl sites for hydroxylation is 1. The number of amides is 2. The van der Waals surface area contributed by atoms with Gasteiger partial charge in [0.15, 0.2) is 0 Å². The predicted octanol–water partition coefficient (Wildman–Crippen LogP) is 2.15. The molecule has 6 heteroatoms. The van der Waals surface area contributed by atoms with Crippen molar-refractivity contribution >= 4 is 23.2 Å². The predicted molar refractivity (Wildman–Crippen MR) is 104 cm³/mol. The van der Waals surface area contributed by atoms with Gasteiger partial charge in [-0.1, -0.05) is 24.3 Å². The Labute approximate surface area is 158 Å². The molecule has 2 aromatic rings. The lowest BCUT2D eigenvalue weighted by Crippen LogP contribution is -2.52. The Bertz CT molecular complexity index is 874. The van der Waals surface area contributed by atoms with Gasteiger partial charge in [0.25, 0.3) is 5.91 Å². The maximum atomic E-state index is 12.9. The third kappa shape index (κ3) is 3.28. The van der Waals surface area contributed by atoms with Crippen molar-refractivity contribution in [2.45, 2.75) is 19.4 Å². The van der Waals surface area contributed by atoms with Crippen molar-refractivity contribution in [1.82, 2.24) is 4.90 Å². The molecule has 0 saturated carbocycles. The largest absolute Gasteiger partial charge is 0.506 e. The number of rotatable bonds is 3. The van der Waals surface area contributed by atoms with Crippen molar-refractivity contribution in [3.8, 4) is 5.75 Å². The summed E-state index contributed by atoms with van der Waals surface area (Å²) in [6.45, 7) is 4.73. The second-order valence-electron chi connectivity index (χ2n) is 7.14. The van der Waals surface area contributed by atoms with Crippen LogP contribution in [0.1, 0.15) is 12.0 Å². The summed E-state index contributed by atoms with van der Waals surface area (Å²) in [6, 6.07) is 14.4. The molecule has 2 heterocycles. The van der Waals surface area contributed by atoms with Crippen LogP contribution in [-0.2, 0) is 9.59 Å². The van der Waals surface area contributed by atoms with Gasteiger partial charge >= 0.3 is 0 Å². The molecule has 2 saturated heterocycles. The van der Waals surface area contributed by atoms with Crippen molar-refractivity contribution in [2.75, 3.05) is 36.0 Å². The van der Waals surface area contributed by atoms with Gasteiger partial charge < -0.3 is 10.0 Å². The van der Waals surface area contributed by atoms with E-state index < -0.39 is 6.04 Å². The summed E-state index contributed by atoms with van der Waals surface area (Å²) in [5.41, 5.74) is 2.49. The van der Waals surface area contributed by atoms with E-state index in [1.807, 2.05) is 37.3 Å². The number of phenolic OH excluding ortho intramolecular Hbond substituents is 1. The number of para-hydroxylation sites is 2. The lowest BCUT2D eigenvalue weighted by Gasteiger charge is -2.38. The Balaban J connectivity index is 1.45. The van der Waals surface area contributed by atoms with Gasteiger partial charge in [0.05, 0.1) is 23.8 Å². The minimum Gasteiger partial charge on any atom is -0.506 e. The molecule has 0 bridgehead atoms. The summed E-state index contributed by atoms with van der Waals surface area (Å²) in [6.07, 6.45) is 0.226. The number of benzene rings is 2. The Kier molecular flexibility index (Phi) is 4.58. The first kappa shape index (κ1) is 17.5. The first-order chi connectivity index (χ1) is 13.0. The van der Waals surface area contributed by atoms with Crippen LogP contribution in [0.5, 0.6) is 5.75 Å². The lowest BCUT2D eigenvalue weighted by atomic mass is 10.1. The zero-order valence-electron chi connectivity index (χ0n) is 15.3. The monoisotopic (exact) mass is 365 g/mol. The fraction of sp³-hybridized carbons (Fsp3) is 0.333. The number of nitrogens with zero attached hydrogens (tertiary/aromatic N) is 3. The number of hydrogen-bond acceptors (Lipinski definition) is 5. The second kappa shape index (κ2) is 7.04. The Hall–Kier alpha value is -2.86. The molecule has 2 aliphatic rings. The molecule has 0 aromatic heterocycles. The Morgan fingerprint density at radius 2 is 1.70 bits per heavy atom.